The first-order valence-corrected chi connectivity index (χ1v) is 11.6. The van der Waals surface area contributed by atoms with Crippen molar-refractivity contribution in [3.05, 3.63) is 53.1 Å². The second-order valence-corrected chi connectivity index (χ2v) is 8.75. The Morgan fingerprint density at radius 1 is 1.16 bits per heavy atom. The van der Waals surface area contributed by atoms with Crippen LogP contribution in [-0.2, 0) is 4.79 Å². The van der Waals surface area contributed by atoms with Crippen molar-refractivity contribution in [2.75, 3.05) is 17.3 Å². The molecule has 2 heterocycles. The lowest BCUT2D eigenvalue weighted by Gasteiger charge is -2.31. The molecular weight excluding hydrogens is 424 g/mol. The van der Waals surface area contributed by atoms with Crippen molar-refractivity contribution in [1.29, 1.82) is 0 Å². The van der Waals surface area contributed by atoms with Gasteiger partial charge in [0.1, 0.15) is 5.75 Å². The van der Waals surface area contributed by atoms with Gasteiger partial charge in [0.25, 0.3) is 0 Å². The van der Waals surface area contributed by atoms with Crippen molar-refractivity contribution in [2.24, 2.45) is 0 Å². The fourth-order valence-corrected chi connectivity index (χ4v) is 4.41. The van der Waals surface area contributed by atoms with Gasteiger partial charge in [-0.3, -0.25) is 9.69 Å². The van der Waals surface area contributed by atoms with Crippen molar-refractivity contribution in [3.63, 3.8) is 0 Å². The van der Waals surface area contributed by atoms with Crippen LogP contribution in [0.15, 0.2) is 41.6 Å². The molecule has 0 N–H and O–H groups in total. The number of hydrogen-bond donors (Lipinski definition) is 0. The number of amides is 1. The van der Waals surface area contributed by atoms with Gasteiger partial charge in [0, 0.05) is 18.1 Å². The molecule has 1 aliphatic heterocycles. The third-order valence-corrected chi connectivity index (χ3v) is 5.84. The lowest BCUT2D eigenvalue weighted by Crippen LogP contribution is -2.36. The smallest absolute Gasteiger partial charge is 0.247 e. The van der Waals surface area contributed by atoms with Crippen molar-refractivity contribution < 1.29 is 14.3 Å². The second kappa shape index (κ2) is 9.16. The highest BCUT2D eigenvalue weighted by Crippen LogP contribution is 2.45. The molecule has 1 atom stereocenters. The molecule has 0 bridgehead atoms. The minimum Gasteiger partial charge on any atom is -0.494 e. The number of aromatic nitrogens is 3. The third-order valence-electron chi connectivity index (χ3n) is 5.12. The number of thioether (sulfide) groups is 1. The highest BCUT2D eigenvalue weighted by Gasteiger charge is 2.35. The Morgan fingerprint density at radius 2 is 1.91 bits per heavy atom. The van der Waals surface area contributed by atoms with Gasteiger partial charge in [-0.25, -0.2) is 0 Å². The summed E-state index contributed by atoms with van der Waals surface area (Å²) in [7, 11) is 0. The normalized spacial score (nSPS) is 14.8. The summed E-state index contributed by atoms with van der Waals surface area (Å²) in [5.41, 5.74) is 4.90. The van der Waals surface area contributed by atoms with Gasteiger partial charge in [-0.05, 0) is 62.4 Å². The Morgan fingerprint density at radius 3 is 2.56 bits per heavy atom. The maximum Gasteiger partial charge on any atom is 0.247 e. The van der Waals surface area contributed by atoms with Crippen molar-refractivity contribution in [3.8, 4) is 22.9 Å². The minimum atomic E-state index is -0.708. The predicted molar refractivity (Wildman–Crippen MR) is 125 cm³/mol. The van der Waals surface area contributed by atoms with Crippen molar-refractivity contribution in [1.82, 2.24) is 15.2 Å². The number of rotatable bonds is 5. The van der Waals surface area contributed by atoms with Gasteiger partial charge in [-0.15, -0.1) is 10.2 Å². The summed E-state index contributed by atoms with van der Waals surface area (Å²) in [6.07, 6.45) is -0.708. The van der Waals surface area contributed by atoms with E-state index in [4.69, 9.17) is 9.47 Å². The van der Waals surface area contributed by atoms with Crippen LogP contribution in [0.5, 0.6) is 11.6 Å². The first kappa shape index (κ1) is 22.1. The minimum absolute atomic E-state index is 0.138. The lowest BCUT2D eigenvalue weighted by molar-refractivity contribution is -0.118. The van der Waals surface area contributed by atoms with Gasteiger partial charge < -0.3 is 9.47 Å². The zero-order chi connectivity index (χ0) is 22.8. The molecule has 0 aliphatic carbocycles. The largest absolute Gasteiger partial charge is 0.494 e. The summed E-state index contributed by atoms with van der Waals surface area (Å²) in [4.78, 5) is 19.3. The number of carbonyl (C=O) groups is 1. The molecule has 7 nitrogen and oxygen atoms in total. The van der Waals surface area contributed by atoms with Crippen molar-refractivity contribution in [2.45, 2.75) is 46.0 Å². The molecule has 8 heteroatoms. The number of aryl methyl sites for hydroxylation is 2. The maximum absolute atomic E-state index is 13.0. The Balaban J connectivity index is 1.94. The van der Waals surface area contributed by atoms with E-state index in [1.54, 1.807) is 11.8 Å². The fraction of sp³-hybridized carbons (Fsp3) is 0.333. The summed E-state index contributed by atoms with van der Waals surface area (Å²) in [6.45, 7) is 10.1. The lowest BCUT2D eigenvalue weighted by atomic mass is 10.00. The van der Waals surface area contributed by atoms with Gasteiger partial charge in [0.2, 0.25) is 23.2 Å². The van der Waals surface area contributed by atoms with E-state index in [0.29, 0.717) is 23.3 Å². The van der Waals surface area contributed by atoms with E-state index in [1.807, 2.05) is 58.0 Å². The van der Waals surface area contributed by atoms with Crippen LogP contribution in [0.1, 0.15) is 43.7 Å². The van der Waals surface area contributed by atoms with Gasteiger partial charge in [0.05, 0.1) is 12.3 Å². The van der Waals surface area contributed by atoms with Crippen LogP contribution in [0.25, 0.3) is 11.3 Å². The van der Waals surface area contributed by atoms with E-state index < -0.39 is 6.23 Å². The zero-order valence-electron chi connectivity index (χ0n) is 18.9. The number of ether oxygens (including phenoxy) is 2. The molecule has 0 fully saturated rings. The monoisotopic (exact) mass is 450 g/mol. The van der Waals surface area contributed by atoms with Crippen LogP contribution in [0.2, 0.25) is 0 Å². The SMILES string of the molecule is CCOc1ccc([C@@H]2Oc3nc(SCC)nnc3-c3cc(C)cc(C)c3N2C(C)=O)cc1. The number of benzene rings is 2. The van der Waals surface area contributed by atoms with Crippen LogP contribution in [-0.4, -0.2) is 33.4 Å². The molecule has 2 aromatic carbocycles. The van der Waals surface area contributed by atoms with Gasteiger partial charge in [0.15, 0.2) is 5.69 Å². The van der Waals surface area contributed by atoms with Crippen molar-refractivity contribution >= 4 is 23.4 Å². The molecular formula is C24H26N4O3S. The molecule has 0 saturated carbocycles. The Bertz CT molecular complexity index is 1150. The average molecular weight is 451 g/mol. The van der Waals surface area contributed by atoms with Crippen LogP contribution >= 0.6 is 11.8 Å². The maximum atomic E-state index is 13.0. The molecule has 1 aromatic heterocycles. The summed E-state index contributed by atoms with van der Waals surface area (Å²) >= 11 is 1.49. The van der Waals surface area contributed by atoms with E-state index in [2.05, 4.69) is 21.2 Å². The molecule has 0 unspecified atom stereocenters. The molecule has 0 radical (unpaired) electrons. The predicted octanol–water partition coefficient (Wildman–Crippen LogP) is 5.11. The summed E-state index contributed by atoms with van der Waals surface area (Å²) in [5.74, 6) is 1.81. The van der Waals surface area contributed by atoms with Gasteiger partial charge in [-0.2, -0.15) is 4.98 Å². The first-order valence-electron chi connectivity index (χ1n) is 10.6. The van der Waals surface area contributed by atoms with E-state index in [1.165, 1.54) is 11.8 Å². The number of fused-ring (bicyclic) bond motifs is 3. The number of carbonyl (C=O) groups excluding carboxylic acids is 1. The molecule has 3 aromatic rings. The molecule has 32 heavy (non-hydrogen) atoms. The number of anilines is 1. The van der Waals surface area contributed by atoms with Crippen LogP contribution in [0.3, 0.4) is 0 Å². The molecule has 166 valence electrons. The van der Waals surface area contributed by atoms with E-state index >= 15 is 0 Å². The third kappa shape index (κ3) is 4.14. The van der Waals surface area contributed by atoms with E-state index in [0.717, 1.165) is 39.4 Å². The number of hydrogen-bond acceptors (Lipinski definition) is 7. The molecule has 1 amide bonds. The first-order chi connectivity index (χ1) is 15.4. The highest BCUT2D eigenvalue weighted by molar-refractivity contribution is 7.99. The Labute approximate surface area is 192 Å². The Hall–Kier alpha value is -3.13. The summed E-state index contributed by atoms with van der Waals surface area (Å²) in [6, 6.07) is 11.6. The fourth-order valence-electron chi connectivity index (χ4n) is 3.91. The molecule has 0 spiro atoms. The van der Waals surface area contributed by atoms with E-state index in [9.17, 15) is 4.79 Å². The second-order valence-electron chi connectivity index (χ2n) is 7.52. The molecule has 0 saturated heterocycles. The van der Waals surface area contributed by atoms with Crippen LogP contribution in [0, 0.1) is 13.8 Å². The molecule has 4 rings (SSSR count). The topological polar surface area (TPSA) is 77.4 Å². The highest BCUT2D eigenvalue weighted by atomic mass is 32.2. The molecule has 1 aliphatic rings. The van der Waals surface area contributed by atoms with Crippen LogP contribution in [0.4, 0.5) is 5.69 Å². The van der Waals surface area contributed by atoms with Gasteiger partial charge in [-0.1, -0.05) is 30.3 Å². The zero-order valence-corrected chi connectivity index (χ0v) is 19.7. The Kier molecular flexibility index (Phi) is 6.32. The summed E-state index contributed by atoms with van der Waals surface area (Å²) in [5, 5.41) is 9.29. The van der Waals surface area contributed by atoms with Crippen LogP contribution < -0.4 is 14.4 Å². The number of nitrogens with zero attached hydrogens (tertiary/aromatic N) is 4. The standard InChI is InChI=1S/C24H26N4O3S/c1-6-30-18-10-8-17(9-11-18)23-28(16(5)29)21-15(4)12-14(3)13-19(21)20-22(31-23)25-24(27-26-20)32-7-2/h8-13,23H,6-7H2,1-5H3/t23-/m0/s1. The quantitative estimate of drug-likeness (QED) is 0.500. The van der Waals surface area contributed by atoms with E-state index in [-0.39, 0.29) is 5.91 Å². The average Bonchev–Trinajstić information content (AvgIpc) is 2.89. The van der Waals surface area contributed by atoms with Gasteiger partial charge >= 0.3 is 0 Å². The summed E-state index contributed by atoms with van der Waals surface area (Å²) < 4.78 is 12.0.